The molecule has 0 saturated carbocycles. The third-order valence-electron chi connectivity index (χ3n) is 3.20. The molecule has 0 aliphatic carbocycles. The van der Waals surface area contributed by atoms with Crippen LogP contribution in [0.25, 0.3) is 10.9 Å². The smallest absolute Gasteiger partial charge is 0.258 e. The molecule has 2 aromatic rings. The van der Waals surface area contributed by atoms with Gasteiger partial charge in [0.25, 0.3) is 5.91 Å². The quantitative estimate of drug-likeness (QED) is 0.746. The van der Waals surface area contributed by atoms with Crippen molar-refractivity contribution in [3.05, 3.63) is 34.3 Å². The van der Waals surface area contributed by atoms with E-state index in [0.29, 0.717) is 29.1 Å². The molecule has 1 aromatic heterocycles. The van der Waals surface area contributed by atoms with E-state index in [-0.39, 0.29) is 16.8 Å². The predicted molar refractivity (Wildman–Crippen MR) is 79.7 cm³/mol. The molecule has 1 aromatic carbocycles. The molecule has 112 valence electrons. The average molecular weight is 310 g/mol. The first kappa shape index (κ1) is 15.3. The summed E-state index contributed by atoms with van der Waals surface area (Å²) in [5.74, 6) is -0.766. The number of amides is 1. The van der Waals surface area contributed by atoms with E-state index in [1.807, 2.05) is 0 Å². The van der Waals surface area contributed by atoms with Crippen molar-refractivity contribution in [2.45, 2.75) is 0 Å². The van der Waals surface area contributed by atoms with Gasteiger partial charge in [-0.3, -0.25) is 10.2 Å². The fraction of sp³-hybridized carbons (Fsp3) is 0.286. The number of carbonyl (C=O) groups is 1. The van der Waals surface area contributed by atoms with Gasteiger partial charge in [0.1, 0.15) is 16.8 Å². The maximum atomic E-state index is 12.1. The van der Waals surface area contributed by atoms with Crippen molar-refractivity contribution >= 4 is 28.4 Å². The van der Waals surface area contributed by atoms with Crippen LogP contribution in [-0.4, -0.2) is 35.8 Å². The Balaban J connectivity index is 2.58. The van der Waals surface area contributed by atoms with Crippen LogP contribution < -0.4 is 10.8 Å². The first-order chi connectivity index (χ1) is 9.97. The van der Waals surface area contributed by atoms with Crippen molar-refractivity contribution in [3.8, 4) is 5.75 Å². The first-order valence-corrected chi connectivity index (χ1v) is 6.68. The molecule has 0 unspecified atom stereocenters. The van der Waals surface area contributed by atoms with Gasteiger partial charge in [0, 0.05) is 31.1 Å². The van der Waals surface area contributed by atoms with Crippen LogP contribution in [0.1, 0.15) is 10.4 Å². The summed E-state index contributed by atoms with van der Waals surface area (Å²) in [6.45, 7) is 0.650. The van der Waals surface area contributed by atoms with Crippen LogP contribution in [0.3, 0.4) is 0 Å². The predicted octanol–water partition coefficient (Wildman–Crippen LogP) is 1.39. The zero-order valence-electron chi connectivity index (χ0n) is 11.7. The summed E-state index contributed by atoms with van der Waals surface area (Å²) in [6.07, 6.45) is 0. The van der Waals surface area contributed by atoms with Crippen molar-refractivity contribution in [3.63, 3.8) is 0 Å². The van der Waals surface area contributed by atoms with Gasteiger partial charge in [-0.15, -0.1) is 0 Å². The number of fused-ring (bicyclic) bond motifs is 1. The van der Waals surface area contributed by atoms with Crippen LogP contribution in [0.15, 0.2) is 18.2 Å². The summed E-state index contributed by atoms with van der Waals surface area (Å²) >= 11 is 5.93. The number of aryl methyl sites for hydroxylation is 1. The molecular weight excluding hydrogens is 294 g/mol. The molecule has 2 rings (SSSR count). The summed E-state index contributed by atoms with van der Waals surface area (Å²) in [7, 11) is 3.18. The lowest BCUT2D eigenvalue weighted by Gasteiger charge is -2.13. The highest BCUT2D eigenvalue weighted by atomic mass is 35.5. The molecule has 0 bridgehead atoms. The van der Waals surface area contributed by atoms with E-state index in [2.05, 4.69) is 5.32 Å². The fourth-order valence-electron chi connectivity index (χ4n) is 2.10. The number of hydrogen-bond acceptors (Lipinski definition) is 4. The van der Waals surface area contributed by atoms with E-state index in [9.17, 15) is 9.90 Å². The third kappa shape index (κ3) is 2.86. The van der Waals surface area contributed by atoms with Crippen LogP contribution in [-0.2, 0) is 11.8 Å². The number of aromatic hydroxyl groups is 1. The number of ether oxygens (including phenoxy) is 1. The molecule has 0 fully saturated rings. The van der Waals surface area contributed by atoms with Gasteiger partial charge in [-0.25, -0.2) is 0 Å². The number of nitrogens with one attached hydrogen (secondary N) is 2. The van der Waals surface area contributed by atoms with E-state index in [1.165, 1.54) is 11.7 Å². The number of methoxy groups -OCH3 is 1. The molecule has 0 saturated heterocycles. The topological polar surface area (TPSA) is 87.3 Å². The number of rotatable bonds is 4. The van der Waals surface area contributed by atoms with Crippen molar-refractivity contribution in [1.29, 1.82) is 5.41 Å². The van der Waals surface area contributed by atoms with Crippen LogP contribution in [0.5, 0.6) is 5.75 Å². The summed E-state index contributed by atoms with van der Waals surface area (Å²) in [6, 6.07) is 4.93. The molecular formula is C14H16ClN3O3. The Kier molecular flexibility index (Phi) is 4.50. The van der Waals surface area contributed by atoms with Gasteiger partial charge in [0.2, 0.25) is 0 Å². The Hall–Kier alpha value is -2.05. The van der Waals surface area contributed by atoms with Crippen molar-refractivity contribution in [1.82, 2.24) is 9.88 Å². The third-order valence-corrected chi connectivity index (χ3v) is 3.44. The van der Waals surface area contributed by atoms with Gasteiger partial charge in [-0.2, -0.15) is 0 Å². The van der Waals surface area contributed by atoms with Crippen LogP contribution in [0.2, 0.25) is 5.02 Å². The second kappa shape index (κ2) is 6.15. The van der Waals surface area contributed by atoms with E-state index < -0.39 is 5.91 Å². The summed E-state index contributed by atoms with van der Waals surface area (Å²) < 4.78 is 6.38. The summed E-state index contributed by atoms with van der Waals surface area (Å²) in [5, 5.41) is 21.9. The van der Waals surface area contributed by atoms with Crippen molar-refractivity contribution in [2.75, 3.05) is 20.3 Å². The van der Waals surface area contributed by atoms with E-state index in [1.54, 1.807) is 25.2 Å². The molecule has 0 atom stereocenters. The van der Waals surface area contributed by atoms with Gasteiger partial charge < -0.3 is 19.7 Å². The van der Waals surface area contributed by atoms with E-state index in [4.69, 9.17) is 21.7 Å². The second-order valence-electron chi connectivity index (χ2n) is 4.54. The SMILES string of the molecule is COCCNC(=O)c1c(O)c2cc(Cl)ccc2n(C)c1=N. The number of benzene rings is 1. The van der Waals surface area contributed by atoms with Crippen molar-refractivity contribution < 1.29 is 14.6 Å². The fourth-order valence-corrected chi connectivity index (χ4v) is 2.27. The molecule has 0 aliphatic heterocycles. The minimum absolute atomic E-state index is 0.0720. The molecule has 6 nitrogen and oxygen atoms in total. The summed E-state index contributed by atoms with van der Waals surface area (Å²) in [5.41, 5.74) is 0.468. The minimum atomic E-state index is -0.521. The molecule has 0 aliphatic rings. The Bertz CT molecular complexity index is 755. The van der Waals surface area contributed by atoms with Gasteiger partial charge in [-0.05, 0) is 18.2 Å². The number of pyridine rings is 1. The van der Waals surface area contributed by atoms with Crippen LogP contribution >= 0.6 is 11.6 Å². The first-order valence-electron chi connectivity index (χ1n) is 6.30. The zero-order chi connectivity index (χ0) is 15.6. The van der Waals surface area contributed by atoms with E-state index >= 15 is 0 Å². The highest BCUT2D eigenvalue weighted by Gasteiger charge is 2.18. The molecule has 7 heteroatoms. The monoisotopic (exact) mass is 309 g/mol. The minimum Gasteiger partial charge on any atom is -0.506 e. The van der Waals surface area contributed by atoms with Gasteiger partial charge in [-0.1, -0.05) is 11.6 Å². The molecule has 1 amide bonds. The number of carbonyl (C=O) groups excluding carboxylic acids is 1. The standard InChI is InChI=1S/C14H16ClN3O3/c1-18-10-4-3-8(15)7-9(10)12(19)11(13(18)16)14(20)17-5-6-21-2/h3-4,7,16,19H,5-6H2,1-2H3,(H,17,20). The maximum absolute atomic E-state index is 12.1. The lowest BCUT2D eigenvalue weighted by Crippen LogP contribution is -2.34. The van der Waals surface area contributed by atoms with Gasteiger partial charge >= 0.3 is 0 Å². The molecule has 0 radical (unpaired) electrons. The molecule has 0 spiro atoms. The van der Waals surface area contributed by atoms with E-state index in [0.717, 1.165) is 0 Å². The Morgan fingerprint density at radius 2 is 2.24 bits per heavy atom. The number of nitrogens with zero attached hydrogens (tertiary/aromatic N) is 1. The number of halogens is 1. The normalized spacial score (nSPS) is 10.8. The molecule has 1 heterocycles. The van der Waals surface area contributed by atoms with Crippen molar-refractivity contribution in [2.24, 2.45) is 7.05 Å². The maximum Gasteiger partial charge on any atom is 0.258 e. The number of aromatic nitrogens is 1. The van der Waals surface area contributed by atoms with Gasteiger partial charge in [0.15, 0.2) is 0 Å². The summed E-state index contributed by atoms with van der Waals surface area (Å²) in [4.78, 5) is 12.1. The largest absolute Gasteiger partial charge is 0.506 e. The second-order valence-corrected chi connectivity index (χ2v) is 4.98. The Labute approximate surface area is 126 Å². The Morgan fingerprint density at radius 3 is 2.90 bits per heavy atom. The average Bonchev–Trinajstić information content (AvgIpc) is 2.45. The highest BCUT2D eigenvalue weighted by Crippen LogP contribution is 2.28. The molecule has 3 N–H and O–H groups in total. The van der Waals surface area contributed by atoms with Crippen LogP contribution in [0, 0.1) is 5.41 Å². The molecule has 21 heavy (non-hydrogen) atoms. The van der Waals surface area contributed by atoms with Crippen LogP contribution in [0.4, 0.5) is 0 Å². The Morgan fingerprint density at radius 1 is 1.52 bits per heavy atom. The zero-order valence-corrected chi connectivity index (χ0v) is 12.5. The van der Waals surface area contributed by atoms with Gasteiger partial charge in [0.05, 0.1) is 12.1 Å². The lowest BCUT2D eigenvalue weighted by molar-refractivity contribution is 0.0932. The highest BCUT2D eigenvalue weighted by molar-refractivity contribution is 6.31. The lowest BCUT2D eigenvalue weighted by atomic mass is 10.1. The number of hydrogen-bond donors (Lipinski definition) is 3.